The number of carbonyl (C=O) groups is 1. The summed E-state index contributed by atoms with van der Waals surface area (Å²) in [6.45, 7) is 0.501. The summed E-state index contributed by atoms with van der Waals surface area (Å²) in [5, 5.41) is 20.2. The van der Waals surface area contributed by atoms with E-state index >= 15 is 0 Å². The van der Waals surface area contributed by atoms with Gasteiger partial charge in [-0.3, -0.25) is 14.4 Å². The Bertz CT molecular complexity index is 846. The summed E-state index contributed by atoms with van der Waals surface area (Å²) in [5.41, 5.74) is 1.37. The molecule has 0 spiro atoms. The van der Waals surface area contributed by atoms with Crippen molar-refractivity contribution < 1.29 is 24.1 Å². The number of carbonyl (C=O) groups excluding carboxylic acids is 1. The lowest BCUT2D eigenvalue weighted by atomic mass is 10.1. The average molecular weight is 420 g/mol. The molecule has 4 rings (SSSR count). The van der Waals surface area contributed by atoms with Crippen LogP contribution in [0.25, 0.3) is 0 Å². The molecule has 164 valence electrons. The average Bonchev–Trinajstić information content (AvgIpc) is 3.37. The van der Waals surface area contributed by atoms with Crippen LogP contribution in [-0.2, 0) is 6.54 Å². The van der Waals surface area contributed by atoms with E-state index in [9.17, 15) is 14.3 Å². The van der Waals surface area contributed by atoms with Crippen LogP contribution in [0, 0.1) is 0 Å². The van der Waals surface area contributed by atoms with Crippen molar-refractivity contribution in [3.63, 3.8) is 0 Å². The second-order valence-corrected chi connectivity index (χ2v) is 8.09. The van der Waals surface area contributed by atoms with Gasteiger partial charge in [-0.15, -0.1) is 0 Å². The van der Waals surface area contributed by atoms with Crippen molar-refractivity contribution in [1.82, 2.24) is 14.5 Å². The summed E-state index contributed by atoms with van der Waals surface area (Å²) in [4.78, 5) is 20.0. The first-order valence-corrected chi connectivity index (χ1v) is 10.6. The fourth-order valence-corrected chi connectivity index (χ4v) is 4.26. The van der Waals surface area contributed by atoms with Gasteiger partial charge in [0.1, 0.15) is 18.0 Å². The minimum atomic E-state index is -1.20. The minimum absolute atomic E-state index is 0.0577. The van der Waals surface area contributed by atoms with Crippen LogP contribution in [0.3, 0.4) is 0 Å². The van der Waals surface area contributed by atoms with Gasteiger partial charge in [0.25, 0.3) is 6.01 Å². The fraction of sp³-hybridized carbons (Fsp3) is 0.619. The number of amides is 2. The lowest BCUT2D eigenvalue weighted by molar-refractivity contribution is 0.0185. The quantitative estimate of drug-likeness (QED) is 0.708. The molecule has 0 aromatic carbocycles. The second-order valence-electron chi connectivity index (χ2n) is 8.09. The van der Waals surface area contributed by atoms with Gasteiger partial charge >= 0.3 is 6.03 Å². The molecule has 2 unspecified atom stereocenters. The number of ether oxygens (including phenoxy) is 1. The summed E-state index contributed by atoms with van der Waals surface area (Å²) in [6, 6.07) is -0.0103. The summed E-state index contributed by atoms with van der Waals surface area (Å²) >= 11 is 0. The number of urea groups is 1. The number of hydrogen-bond acceptors (Lipinski definition) is 5. The van der Waals surface area contributed by atoms with E-state index in [2.05, 4.69) is 4.98 Å². The number of allylic oxidation sites excluding steroid dienone is 4. The summed E-state index contributed by atoms with van der Waals surface area (Å²) < 4.78 is 21.5. The van der Waals surface area contributed by atoms with E-state index in [1.165, 1.54) is 15.9 Å². The molecule has 2 N–H and O–H groups in total. The predicted molar refractivity (Wildman–Crippen MR) is 109 cm³/mol. The van der Waals surface area contributed by atoms with Crippen LogP contribution in [-0.4, -0.2) is 63.2 Å². The van der Waals surface area contributed by atoms with Gasteiger partial charge in [-0.1, -0.05) is 18.2 Å². The van der Waals surface area contributed by atoms with Gasteiger partial charge in [0.05, 0.1) is 6.54 Å². The third-order valence-electron chi connectivity index (χ3n) is 5.94. The zero-order valence-electron chi connectivity index (χ0n) is 17.2. The van der Waals surface area contributed by atoms with Crippen LogP contribution >= 0.6 is 0 Å². The van der Waals surface area contributed by atoms with Crippen molar-refractivity contribution in [3.05, 3.63) is 29.5 Å². The van der Waals surface area contributed by atoms with Gasteiger partial charge in [-0.25, -0.2) is 9.18 Å². The highest BCUT2D eigenvalue weighted by Crippen LogP contribution is 2.39. The van der Waals surface area contributed by atoms with Gasteiger partial charge in [0.2, 0.25) is 0 Å². The maximum atomic E-state index is 13.5. The van der Waals surface area contributed by atoms with Crippen molar-refractivity contribution in [2.75, 3.05) is 25.1 Å². The molecule has 2 atom stereocenters. The molecule has 1 fully saturated rings. The molecular formula is C21H29FN4O4. The molecule has 2 amide bonds. The first-order chi connectivity index (χ1) is 14.5. The Kier molecular flexibility index (Phi) is 6.10. The van der Waals surface area contributed by atoms with Crippen LogP contribution in [0.5, 0.6) is 6.01 Å². The Balaban J connectivity index is 1.71. The molecule has 2 aliphatic carbocycles. The van der Waals surface area contributed by atoms with Crippen molar-refractivity contribution in [3.8, 4) is 6.01 Å². The maximum absolute atomic E-state index is 13.5. The lowest BCUT2D eigenvalue weighted by Gasteiger charge is -2.36. The van der Waals surface area contributed by atoms with E-state index in [1.54, 1.807) is 17.7 Å². The van der Waals surface area contributed by atoms with Crippen LogP contribution in [0.2, 0.25) is 0 Å². The van der Waals surface area contributed by atoms with Crippen LogP contribution in [0.15, 0.2) is 23.8 Å². The molecule has 1 saturated carbocycles. The zero-order valence-corrected chi connectivity index (χ0v) is 17.2. The van der Waals surface area contributed by atoms with Gasteiger partial charge in [-0.2, -0.15) is 4.98 Å². The second kappa shape index (κ2) is 8.77. The van der Waals surface area contributed by atoms with Gasteiger partial charge in [-0.05, 0) is 37.7 Å². The summed E-state index contributed by atoms with van der Waals surface area (Å²) in [7, 11) is 1.61. The Morgan fingerprint density at radius 2 is 2.10 bits per heavy atom. The lowest BCUT2D eigenvalue weighted by Crippen LogP contribution is -2.49. The summed E-state index contributed by atoms with van der Waals surface area (Å²) in [6.07, 6.45) is 7.75. The molecule has 1 aromatic heterocycles. The summed E-state index contributed by atoms with van der Waals surface area (Å²) in [5.74, 6) is 0.365. The first-order valence-electron chi connectivity index (χ1n) is 10.6. The Morgan fingerprint density at radius 1 is 1.33 bits per heavy atom. The zero-order chi connectivity index (χ0) is 21.3. The molecule has 0 saturated heterocycles. The predicted octanol–water partition coefficient (Wildman–Crippen LogP) is 2.67. The number of alkyl halides is 1. The smallest absolute Gasteiger partial charge is 0.327 e. The van der Waals surface area contributed by atoms with E-state index < -0.39 is 12.4 Å². The molecule has 30 heavy (non-hydrogen) atoms. The van der Waals surface area contributed by atoms with Crippen molar-refractivity contribution in [2.45, 2.75) is 63.6 Å². The molecule has 9 heteroatoms. The number of nitrogens with zero attached hydrogens (tertiary/aromatic N) is 4. The number of imidazole rings is 1. The van der Waals surface area contributed by atoms with Crippen LogP contribution < -0.4 is 9.64 Å². The van der Waals surface area contributed by atoms with Crippen LogP contribution in [0.4, 0.5) is 15.0 Å². The number of aliphatic hydroxyl groups excluding tert-OH is 2. The monoisotopic (exact) mass is 420 g/mol. The molecule has 0 radical (unpaired) electrons. The number of aromatic nitrogens is 2. The molecular weight excluding hydrogens is 391 g/mol. The van der Waals surface area contributed by atoms with Crippen molar-refractivity contribution in [1.29, 1.82) is 0 Å². The molecule has 1 aliphatic heterocycles. The SMILES string of the molecule is CN1C(=O)N(CCCO)C(O)c2c1nc(OC1CCCC1)n2CC1=CCC(F)C=C1. The molecule has 2 heterocycles. The molecule has 0 bridgehead atoms. The van der Waals surface area contributed by atoms with Crippen molar-refractivity contribution in [2.24, 2.45) is 0 Å². The van der Waals surface area contributed by atoms with Gasteiger partial charge in [0.15, 0.2) is 12.0 Å². The third-order valence-corrected chi connectivity index (χ3v) is 5.94. The van der Waals surface area contributed by atoms with Gasteiger partial charge in [0, 0.05) is 26.6 Å². The van der Waals surface area contributed by atoms with E-state index in [1.807, 2.05) is 6.08 Å². The number of fused-ring (bicyclic) bond motifs is 1. The van der Waals surface area contributed by atoms with Crippen molar-refractivity contribution >= 4 is 11.8 Å². The fourth-order valence-electron chi connectivity index (χ4n) is 4.26. The highest BCUT2D eigenvalue weighted by molar-refractivity contribution is 5.93. The topological polar surface area (TPSA) is 91.1 Å². The Morgan fingerprint density at radius 3 is 2.77 bits per heavy atom. The minimum Gasteiger partial charge on any atom is -0.461 e. The van der Waals surface area contributed by atoms with Gasteiger partial charge < -0.3 is 14.9 Å². The first kappa shape index (κ1) is 20.9. The normalized spacial score (nSPS) is 24.4. The maximum Gasteiger partial charge on any atom is 0.327 e. The number of halogens is 1. The highest BCUT2D eigenvalue weighted by Gasteiger charge is 2.40. The molecule has 8 nitrogen and oxygen atoms in total. The van der Waals surface area contributed by atoms with E-state index in [0.29, 0.717) is 36.9 Å². The largest absolute Gasteiger partial charge is 0.461 e. The number of aliphatic hydroxyl groups is 2. The molecule has 3 aliphatic rings. The highest BCUT2D eigenvalue weighted by atomic mass is 19.1. The standard InChI is InChI=1S/C21H29FN4O4/c1-24-18-17(19(28)25(21(24)29)11-4-12-27)26(13-14-7-9-15(22)10-8-14)20(23-18)30-16-5-2-3-6-16/h7-9,15-16,19,27-28H,2-6,10-13H2,1H3. The number of anilines is 1. The van der Waals surface area contributed by atoms with Crippen LogP contribution in [0.1, 0.15) is 50.4 Å². The Hall–Kier alpha value is -2.39. The molecule has 1 aromatic rings. The third kappa shape index (κ3) is 3.96. The number of hydrogen-bond donors (Lipinski definition) is 2. The van der Waals surface area contributed by atoms with E-state index in [0.717, 1.165) is 31.3 Å². The van der Waals surface area contributed by atoms with E-state index in [4.69, 9.17) is 9.84 Å². The number of rotatable bonds is 7. The Labute approximate surface area is 175 Å². The van der Waals surface area contributed by atoms with E-state index in [-0.39, 0.29) is 25.3 Å².